The number of aryl methyl sites for hydroxylation is 1. The van der Waals surface area contributed by atoms with Gasteiger partial charge in [0.25, 0.3) is 0 Å². The van der Waals surface area contributed by atoms with Gasteiger partial charge in [0.2, 0.25) is 11.7 Å². The van der Waals surface area contributed by atoms with Crippen LogP contribution >= 0.6 is 0 Å². The number of halogens is 1. The van der Waals surface area contributed by atoms with Crippen molar-refractivity contribution < 1.29 is 18.8 Å². The van der Waals surface area contributed by atoms with Crippen LogP contribution in [-0.2, 0) is 4.74 Å². The molecule has 2 atom stereocenters. The van der Waals surface area contributed by atoms with E-state index in [1.807, 2.05) is 6.92 Å². The van der Waals surface area contributed by atoms with E-state index in [-0.39, 0.29) is 11.7 Å². The van der Waals surface area contributed by atoms with E-state index in [0.29, 0.717) is 36.9 Å². The summed E-state index contributed by atoms with van der Waals surface area (Å²) in [7, 11) is 0. The van der Waals surface area contributed by atoms with Crippen molar-refractivity contribution >= 4 is 0 Å². The number of aliphatic hydroxyl groups is 1. The predicted molar refractivity (Wildman–Crippen MR) is 68.6 cm³/mol. The Balaban J connectivity index is 1.91. The van der Waals surface area contributed by atoms with Gasteiger partial charge >= 0.3 is 0 Å². The molecule has 2 unspecified atom stereocenters. The van der Waals surface area contributed by atoms with Crippen LogP contribution in [0, 0.1) is 12.7 Å². The van der Waals surface area contributed by atoms with Crippen LogP contribution in [-0.4, -0.2) is 34.6 Å². The third-order valence-electron chi connectivity index (χ3n) is 3.52. The maximum absolute atomic E-state index is 13.3. The van der Waals surface area contributed by atoms with Crippen molar-refractivity contribution in [2.24, 2.45) is 0 Å². The Morgan fingerprint density at radius 3 is 3.05 bits per heavy atom. The number of aromatic nitrogens is 2. The molecule has 1 N–H and O–H groups in total. The summed E-state index contributed by atoms with van der Waals surface area (Å²) in [6.45, 7) is 2.73. The number of hydrogen-bond donors (Lipinski definition) is 1. The van der Waals surface area contributed by atoms with Crippen LogP contribution in [0.25, 0.3) is 11.4 Å². The highest BCUT2D eigenvalue weighted by molar-refractivity contribution is 5.59. The standard InChI is InChI=1S/C14H15FN2O3/c1-8-2-3-9(15)6-10(8)13-16-14(20-17-13)11-7-19-5-4-12(11)18/h2-3,6,11-12,18H,4-5,7H2,1H3. The second kappa shape index (κ2) is 5.30. The maximum atomic E-state index is 13.3. The number of nitrogens with zero attached hydrogens (tertiary/aromatic N) is 2. The Morgan fingerprint density at radius 1 is 1.40 bits per heavy atom. The molecule has 2 aromatic rings. The van der Waals surface area contributed by atoms with Crippen molar-refractivity contribution in [1.29, 1.82) is 0 Å². The van der Waals surface area contributed by atoms with Crippen molar-refractivity contribution in [3.05, 3.63) is 35.5 Å². The summed E-state index contributed by atoms with van der Waals surface area (Å²) in [6, 6.07) is 4.43. The quantitative estimate of drug-likeness (QED) is 0.910. The molecule has 0 spiro atoms. The second-order valence-electron chi connectivity index (χ2n) is 4.95. The molecule has 20 heavy (non-hydrogen) atoms. The van der Waals surface area contributed by atoms with Crippen molar-refractivity contribution in [3.8, 4) is 11.4 Å². The predicted octanol–water partition coefficient (Wildman–Crippen LogP) is 2.05. The molecule has 3 rings (SSSR count). The fourth-order valence-corrected chi connectivity index (χ4v) is 2.29. The van der Waals surface area contributed by atoms with Crippen molar-refractivity contribution in [3.63, 3.8) is 0 Å². The van der Waals surface area contributed by atoms with Crippen LogP contribution in [0.5, 0.6) is 0 Å². The van der Waals surface area contributed by atoms with Gasteiger partial charge in [0.15, 0.2) is 0 Å². The first kappa shape index (κ1) is 13.2. The van der Waals surface area contributed by atoms with E-state index < -0.39 is 6.10 Å². The van der Waals surface area contributed by atoms with Crippen molar-refractivity contribution in [1.82, 2.24) is 10.1 Å². The number of aliphatic hydroxyl groups excluding tert-OH is 1. The topological polar surface area (TPSA) is 68.4 Å². The van der Waals surface area contributed by atoms with E-state index in [1.54, 1.807) is 6.07 Å². The molecule has 0 bridgehead atoms. The first-order chi connectivity index (χ1) is 9.65. The molecular weight excluding hydrogens is 263 g/mol. The zero-order valence-corrected chi connectivity index (χ0v) is 11.0. The Morgan fingerprint density at radius 2 is 2.25 bits per heavy atom. The summed E-state index contributed by atoms with van der Waals surface area (Å²) in [5.41, 5.74) is 1.45. The third kappa shape index (κ3) is 2.44. The van der Waals surface area contributed by atoms with E-state index in [9.17, 15) is 9.50 Å². The first-order valence-electron chi connectivity index (χ1n) is 6.51. The summed E-state index contributed by atoms with van der Waals surface area (Å²) in [5, 5.41) is 13.8. The Kier molecular flexibility index (Phi) is 3.50. The molecule has 0 aliphatic carbocycles. The Bertz CT molecular complexity index is 614. The second-order valence-corrected chi connectivity index (χ2v) is 4.95. The van der Waals surface area contributed by atoms with Crippen LogP contribution < -0.4 is 0 Å². The smallest absolute Gasteiger partial charge is 0.235 e. The number of benzene rings is 1. The lowest BCUT2D eigenvalue weighted by atomic mass is 9.99. The van der Waals surface area contributed by atoms with Gasteiger partial charge < -0.3 is 14.4 Å². The SMILES string of the molecule is Cc1ccc(F)cc1-c1noc(C2COCCC2O)n1. The van der Waals surface area contributed by atoms with E-state index in [2.05, 4.69) is 10.1 Å². The normalized spacial score (nSPS) is 22.9. The molecule has 1 fully saturated rings. The first-order valence-corrected chi connectivity index (χ1v) is 6.51. The molecule has 5 nitrogen and oxygen atoms in total. The molecule has 0 radical (unpaired) electrons. The molecule has 6 heteroatoms. The lowest BCUT2D eigenvalue weighted by molar-refractivity contribution is -0.0149. The van der Waals surface area contributed by atoms with E-state index >= 15 is 0 Å². The zero-order chi connectivity index (χ0) is 14.1. The molecule has 1 aromatic heterocycles. The largest absolute Gasteiger partial charge is 0.392 e. The molecule has 1 saturated heterocycles. The molecular formula is C14H15FN2O3. The molecule has 1 aromatic carbocycles. The van der Waals surface area contributed by atoms with Gasteiger partial charge in [-0.3, -0.25) is 0 Å². The summed E-state index contributed by atoms with van der Waals surface area (Å²) < 4.78 is 23.8. The van der Waals surface area contributed by atoms with E-state index in [1.165, 1.54) is 12.1 Å². The maximum Gasteiger partial charge on any atom is 0.235 e. The minimum atomic E-state index is -0.550. The molecule has 0 amide bonds. The average molecular weight is 278 g/mol. The van der Waals surface area contributed by atoms with Crippen LogP contribution in [0.2, 0.25) is 0 Å². The lowest BCUT2D eigenvalue weighted by Gasteiger charge is -2.24. The zero-order valence-electron chi connectivity index (χ0n) is 11.0. The number of rotatable bonds is 2. The Labute approximate surface area is 115 Å². The van der Waals surface area contributed by atoms with Gasteiger partial charge in [-0.1, -0.05) is 11.2 Å². The minimum Gasteiger partial charge on any atom is -0.392 e. The highest BCUT2D eigenvalue weighted by Crippen LogP contribution is 2.28. The molecule has 1 aliphatic rings. The minimum absolute atomic E-state index is 0.320. The van der Waals surface area contributed by atoms with Gasteiger partial charge in [0.1, 0.15) is 5.82 Å². The number of ether oxygens (including phenoxy) is 1. The van der Waals surface area contributed by atoms with Gasteiger partial charge in [-0.15, -0.1) is 0 Å². The van der Waals surface area contributed by atoms with E-state index in [0.717, 1.165) is 5.56 Å². The van der Waals surface area contributed by atoms with Gasteiger partial charge in [-0.25, -0.2) is 4.39 Å². The van der Waals surface area contributed by atoms with Crippen LogP contribution in [0.1, 0.15) is 23.8 Å². The summed E-state index contributed by atoms with van der Waals surface area (Å²) in [6.07, 6.45) is -0.00729. The van der Waals surface area contributed by atoms with Crippen LogP contribution in [0.3, 0.4) is 0 Å². The highest BCUT2D eigenvalue weighted by Gasteiger charge is 2.30. The highest BCUT2D eigenvalue weighted by atomic mass is 19.1. The molecule has 1 aliphatic heterocycles. The van der Waals surface area contributed by atoms with Gasteiger partial charge in [-0.2, -0.15) is 4.98 Å². The summed E-state index contributed by atoms with van der Waals surface area (Å²) in [4.78, 5) is 4.27. The molecule has 2 heterocycles. The van der Waals surface area contributed by atoms with E-state index in [4.69, 9.17) is 9.26 Å². The van der Waals surface area contributed by atoms with Crippen molar-refractivity contribution in [2.45, 2.75) is 25.4 Å². The van der Waals surface area contributed by atoms with Crippen LogP contribution in [0.15, 0.2) is 22.7 Å². The summed E-state index contributed by atoms with van der Waals surface area (Å²) in [5.74, 6) is -0.0116. The monoisotopic (exact) mass is 278 g/mol. The van der Waals surface area contributed by atoms with Gasteiger partial charge in [0.05, 0.1) is 18.6 Å². The molecule has 0 saturated carbocycles. The lowest BCUT2D eigenvalue weighted by Crippen LogP contribution is -2.30. The average Bonchev–Trinajstić information content (AvgIpc) is 2.91. The van der Waals surface area contributed by atoms with Gasteiger partial charge in [0, 0.05) is 12.2 Å². The van der Waals surface area contributed by atoms with Crippen molar-refractivity contribution in [2.75, 3.05) is 13.2 Å². The fraction of sp³-hybridized carbons (Fsp3) is 0.429. The Hall–Kier alpha value is -1.79. The summed E-state index contributed by atoms with van der Waals surface area (Å²) >= 11 is 0. The van der Waals surface area contributed by atoms with Gasteiger partial charge in [-0.05, 0) is 31.0 Å². The fourth-order valence-electron chi connectivity index (χ4n) is 2.29. The number of hydrogen-bond acceptors (Lipinski definition) is 5. The third-order valence-corrected chi connectivity index (χ3v) is 3.52. The molecule has 106 valence electrons. The van der Waals surface area contributed by atoms with Crippen LogP contribution in [0.4, 0.5) is 4.39 Å².